The highest BCUT2D eigenvalue weighted by Gasteiger charge is 2.34. The van der Waals surface area contributed by atoms with Gasteiger partial charge in [0.1, 0.15) is 5.75 Å². The molecule has 3 rings (SSSR count). The van der Waals surface area contributed by atoms with E-state index in [0.717, 1.165) is 70.2 Å². The number of rotatable bonds is 9. The van der Waals surface area contributed by atoms with E-state index in [2.05, 4.69) is 41.6 Å². The Morgan fingerprint density at radius 2 is 1.94 bits per heavy atom. The van der Waals surface area contributed by atoms with Gasteiger partial charge in [0.2, 0.25) is 0 Å². The number of guanidine groups is 1. The standard InChI is InChI=1S/C23H34N4O2S.HI/c1-4-20-16-26-21(30-20)10-13-25-22(24-5-2)27-17-23(11-14-29-15-12-23)18-6-8-19(28-3)9-7-18;/h6-9,16H,4-5,10-15,17H2,1-3H3,(H2,24,25,27);1H. The molecule has 1 aliphatic heterocycles. The van der Waals surface area contributed by atoms with Crippen LogP contribution in [0.3, 0.4) is 0 Å². The summed E-state index contributed by atoms with van der Waals surface area (Å²) in [5.41, 5.74) is 1.30. The van der Waals surface area contributed by atoms with Crippen molar-refractivity contribution in [3.8, 4) is 5.75 Å². The average Bonchev–Trinajstić information content (AvgIpc) is 3.26. The van der Waals surface area contributed by atoms with Crippen molar-refractivity contribution in [3.63, 3.8) is 0 Å². The second-order valence-electron chi connectivity index (χ2n) is 7.57. The van der Waals surface area contributed by atoms with E-state index in [4.69, 9.17) is 14.5 Å². The third-order valence-electron chi connectivity index (χ3n) is 5.62. The molecule has 0 amide bonds. The zero-order chi connectivity index (χ0) is 21.2. The summed E-state index contributed by atoms with van der Waals surface area (Å²) in [6.45, 7) is 8.20. The molecule has 0 saturated carbocycles. The Morgan fingerprint density at radius 3 is 2.55 bits per heavy atom. The largest absolute Gasteiger partial charge is 0.497 e. The van der Waals surface area contributed by atoms with E-state index in [-0.39, 0.29) is 29.4 Å². The van der Waals surface area contributed by atoms with Gasteiger partial charge >= 0.3 is 0 Å². The van der Waals surface area contributed by atoms with E-state index >= 15 is 0 Å². The normalized spacial score (nSPS) is 15.8. The van der Waals surface area contributed by atoms with Crippen molar-refractivity contribution < 1.29 is 9.47 Å². The molecule has 1 aromatic heterocycles. The lowest BCUT2D eigenvalue weighted by molar-refractivity contribution is 0.0531. The van der Waals surface area contributed by atoms with Crippen LogP contribution in [0.5, 0.6) is 5.75 Å². The Bertz CT molecular complexity index is 804. The predicted octanol–water partition coefficient (Wildman–Crippen LogP) is 4.18. The van der Waals surface area contributed by atoms with Crippen molar-refractivity contribution in [2.45, 2.75) is 44.9 Å². The summed E-state index contributed by atoms with van der Waals surface area (Å²) < 4.78 is 11.0. The van der Waals surface area contributed by atoms with Gasteiger partial charge in [-0.25, -0.2) is 4.98 Å². The SMILES string of the molecule is CCNC(=NCC1(c2ccc(OC)cc2)CCOCC1)NCCc1ncc(CC)s1.I. The van der Waals surface area contributed by atoms with Crippen LogP contribution in [0.25, 0.3) is 0 Å². The number of hydrogen-bond donors (Lipinski definition) is 2. The molecular formula is C23H35IN4O2S. The van der Waals surface area contributed by atoms with Gasteiger partial charge in [-0.1, -0.05) is 19.1 Å². The van der Waals surface area contributed by atoms with Crippen molar-refractivity contribution in [1.82, 2.24) is 15.6 Å². The maximum absolute atomic E-state index is 5.66. The van der Waals surface area contributed by atoms with E-state index in [1.54, 1.807) is 18.4 Å². The van der Waals surface area contributed by atoms with Crippen LogP contribution in [-0.4, -0.2) is 50.9 Å². The van der Waals surface area contributed by atoms with Crippen molar-refractivity contribution in [1.29, 1.82) is 0 Å². The van der Waals surface area contributed by atoms with Crippen LogP contribution in [0.4, 0.5) is 0 Å². The Hall–Kier alpha value is -1.39. The molecule has 172 valence electrons. The van der Waals surface area contributed by atoms with Gasteiger partial charge in [0, 0.05) is 49.2 Å². The molecule has 0 spiro atoms. The predicted molar refractivity (Wildman–Crippen MR) is 139 cm³/mol. The second kappa shape index (κ2) is 13.2. The lowest BCUT2D eigenvalue weighted by atomic mass is 9.74. The quantitative estimate of drug-likeness (QED) is 0.275. The Morgan fingerprint density at radius 1 is 1.19 bits per heavy atom. The fourth-order valence-electron chi connectivity index (χ4n) is 3.73. The molecule has 1 aliphatic rings. The van der Waals surface area contributed by atoms with Gasteiger partial charge in [-0.3, -0.25) is 4.99 Å². The minimum absolute atomic E-state index is 0. The first-order valence-electron chi connectivity index (χ1n) is 10.9. The highest BCUT2D eigenvalue weighted by Crippen LogP contribution is 2.36. The molecular weight excluding hydrogens is 523 g/mol. The topological polar surface area (TPSA) is 67.8 Å². The third-order valence-corrected chi connectivity index (χ3v) is 6.82. The van der Waals surface area contributed by atoms with Gasteiger partial charge in [-0.05, 0) is 43.9 Å². The number of thiazole rings is 1. The number of aliphatic imine (C=N–C) groups is 1. The maximum Gasteiger partial charge on any atom is 0.191 e. The first kappa shape index (κ1) is 25.9. The first-order valence-corrected chi connectivity index (χ1v) is 11.7. The second-order valence-corrected chi connectivity index (χ2v) is 8.77. The fraction of sp³-hybridized carbons (Fsp3) is 0.565. The van der Waals surface area contributed by atoms with Crippen molar-refractivity contribution in [2.75, 3.05) is 40.0 Å². The number of benzene rings is 1. The van der Waals surface area contributed by atoms with Gasteiger partial charge in [-0.15, -0.1) is 35.3 Å². The van der Waals surface area contributed by atoms with E-state index < -0.39 is 0 Å². The minimum atomic E-state index is -0.00178. The third kappa shape index (κ3) is 7.32. The van der Waals surface area contributed by atoms with Crippen molar-refractivity contribution >= 4 is 41.3 Å². The Balaban J connectivity index is 0.00000341. The smallest absolute Gasteiger partial charge is 0.191 e. The number of ether oxygens (including phenoxy) is 2. The molecule has 0 aliphatic carbocycles. The van der Waals surface area contributed by atoms with Crippen LogP contribution in [-0.2, 0) is 23.0 Å². The molecule has 6 nitrogen and oxygen atoms in total. The van der Waals surface area contributed by atoms with Crippen LogP contribution in [0, 0.1) is 0 Å². The molecule has 0 bridgehead atoms. The molecule has 1 saturated heterocycles. The Kier molecular flexibility index (Phi) is 11.0. The maximum atomic E-state index is 5.66. The molecule has 1 aromatic carbocycles. The zero-order valence-electron chi connectivity index (χ0n) is 18.8. The Labute approximate surface area is 207 Å². The van der Waals surface area contributed by atoms with Gasteiger partial charge in [0.05, 0.1) is 18.7 Å². The van der Waals surface area contributed by atoms with Crippen LogP contribution in [0.2, 0.25) is 0 Å². The van der Waals surface area contributed by atoms with E-state index in [1.807, 2.05) is 18.3 Å². The number of methoxy groups -OCH3 is 1. The first-order chi connectivity index (χ1) is 14.7. The van der Waals surface area contributed by atoms with Gasteiger partial charge in [0.15, 0.2) is 5.96 Å². The monoisotopic (exact) mass is 558 g/mol. The number of halogens is 1. The molecule has 2 N–H and O–H groups in total. The van der Waals surface area contributed by atoms with Crippen molar-refractivity contribution in [2.24, 2.45) is 4.99 Å². The summed E-state index contributed by atoms with van der Waals surface area (Å²) in [4.78, 5) is 10.8. The molecule has 0 atom stereocenters. The lowest BCUT2D eigenvalue weighted by Gasteiger charge is -2.36. The number of aryl methyl sites for hydroxylation is 1. The molecule has 31 heavy (non-hydrogen) atoms. The molecule has 2 aromatic rings. The molecule has 1 fully saturated rings. The summed E-state index contributed by atoms with van der Waals surface area (Å²) in [7, 11) is 1.70. The highest BCUT2D eigenvalue weighted by atomic mass is 127. The average molecular weight is 559 g/mol. The molecule has 0 radical (unpaired) electrons. The van der Waals surface area contributed by atoms with Crippen molar-refractivity contribution in [3.05, 3.63) is 45.9 Å². The van der Waals surface area contributed by atoms with E-state index in [9.17, 15) is 0 Å². The summed E-state index contributed by atoms with van der Waals surface area (Å²) in [5, 5.41) is 8.03. The van der Waals surface area contributed by atoms with Crippen LogP contribution in [0.1, 0.15) is 42.1 Å². The number of aromatic nitrogens is 1. The summed E-state index contributed by atoms with van der Waals surface area (Å²) >= 11 is 1.80. The lowest BCUT2D eigenvalue weighted by Crippen LogP contribution is -2.41. The van der Waals surface area contributed by atoms with Gasteiger partial charge < -0.3 is 20.1 Å². The van der Waals surface area contributed by atoms with Crippen LogP contribution >= 0.6 is 35.3 Å². The minimum Gasteiger partial charge on any atom is -0.497 e. The summed E-state index contributed by atoms with van der Waals surface area (Å²) in [5.74, 6) is 1.75. The van der Waals surface area contributed by atoms with Crippen LogP contribution in [0.15, 0.2) is 35.5 Å². The van der Waals surface area contributed by atoms with E-state index in [1.165, 1.54) is 15.4 Å². The number of nitrogens with zero attached hydrogens (tertiary/aromatic N) is 2. The fourth-order valence-corrected chi connectivity index (χ4v) is 4.59. The zero-order valence-corrected chi connectivity index (χ0v) is 21.9. The van der Waals surface area contributed by atoms with Gasteiger partial charge in [-0.2, -0.15) is 0 Å². The summed E-state index contributed by atoms with van der Waals surface area (Å²) in [6, 6.07) is 8.43. The van der Waals surface area contributed by atoms with Crippen LogP contribution < -0.4 is 15.4 Å². The highest BCUT2D eigenvalue weighted by molar-refractivity contribution is 14.0. The molecule has 0 unspecified atom stereocenters. The summed E-state index contributed by atoms with van der Waals surface area (Å²) in [6.07, 6.45) is 5.89. The number of hydrogen-bond acceptors (Lipinski definition) is 5. The molecule has 8 heteroatoms. The van der Waals surface area contributed by atoms with Gasteiger partial charge in [0.25, 0.3) is 0 Å². The van der Waals surface area contributed by atoms with E-state index in [0.29, 0.717) is 0 Å². The molecule has 2 heterocycles. The number of nitrogens with one attached hydrogen (secondary N) is 2.